The van der Waals surface area contributed by atoms with Gasteiger partial charge in [0, 0.05) is 18.8 Å². The normalized spacial score (nSPS) is 19.5. The van der Waals surface area contributed by atoms with Crippen molar-refractivity contribution in [3.63, 3.8) is 0 Å². The molecule has 0 amide bonds. The van der Waals surface area contributed by atoms with Gasteiger partial charge in [-0.15, -0.1) is 0 Å². The molecule has 0 unspecified atom stereocenters. The summed E-state index contributed by atoms with van der Waals surface area (Å²) in [6.45, 7) is 7.44. The van der Waals surface area contributed by atoms with Crippen molar-refractivity contribution in [2.75, 3.05) is 0 Å². The van der Waals surface area contributed by atoms with Crippen LogP contribution >= 0.6 is 0 Å². The van der Waals surface area contributed by atoms with Crippen LogP contribution in [-0.2, 0) is 16.4 Å². The smallest absolute Gasteiger partial charge is 0.398 e. The average Bonchev–Trinajstić information content (AvgIpc) is 3.02. The molecule has 25 heavy (non-hydrogen) atoms. The second kappa shape index (κ2) is 6.07. The van der Waals surface area contributed by atoms with Gasteiger partial charge in [-0.05, 0) is 57.5 Å². The van der Waals surface area contributed by atoms with Crippen LogP contribution in [0.5, 0.6) is 0 Å². The van der Waals surface area contributed by atoms with Gasteiger partial charge >= 0.3 is 7.12 Å². The summed E-state index contributed by atoms with van der Waals surface area (Å²) in [5, 5.41) is 4.04. The third-order valence-electron chi connectivity index (χ3n) is 4.87. The highest BCUT2D eigenvalue weighted by Gasteiger charge is 2.53. The molecule has 4 nitrogen and oxygen atoms in total. The van der Waals surface area contributed by atoms with E-state index >= 15 is 0 Å². The van der Waals surface area contributed by atoms with Crippen LogP contribution < -0.4 is 0 Å². The van der Waals surface area contributed by atoms with Gasteiger partial charge in [0.25, 0.3) is 0 Å². The number of hydrogen-bond donors (Lipinski definition) is 0. The summed E-state index contributed by atoms with van der Waals surface area (Å²) in [6, 6.07) is 6.11. The van der Waals surface area contributed by atoms with Crippen molar-refractivity contribution in [3.8, 4) is 11.3 Å². The molecule has 1 aliphatic heterocycles. The molecule has 2 heterocycles. The Morgan fingerprint density at radius 2 is 1.80 bits per heavy atom. The first-order valence-corrected chi connectivity index (χ1v) is 8.11. The Kier molecular flexibility index (Phi) is 4.33. The van der Waals surface area contributed by atoms with Crippen molar-refractivity contribution in [1.29, 1.82) is 0 Å². The molecule has 2 aromatic rings. The summed E-state index contributed by atoms with van der Waals surface area (Å²) >= 11 is 0. The Bertz CT molecular complexity index is 814. The topological polar surface area (TPSA) is 36.3 Å². The van der Waals surface area contributed by atoms with Crippen LogP contribution in [0.4, 0.5) is 8.78 Å². The summed E-state index contributed by atoms with van der Waals surface area (Å²) in [4.78, 5) is 0. The van der Waals surface area contributed by atoms with Crippen molar-refractivity contribution < 1.29 is 18.1 Å². The number of halogens is 2. The van der Waals surface area contributed by atoms with Crippen molar-refractivity contribution in [2.24, 2.45) is 7.05 Å². The molecule has 3 rings (SSSR count). The Morgan fingerprint density at radius 1 is 1.16 bits per heavy atom. The zero-order chi connectivity index (χ0) is 18.4. The lowest BCUT2D eigenvalue weighted by molar-refractivity contribution is 0.00578. The lowest BCUT2D eigenvalue weighted by Crippen LogP contribution is -2.41. The van der Waals surface area contributed by atoms with E-state index in [0.29, 0.717) is 16.8 Å². The zero-order valence-corrected chi connectivity index (χ0v) is 15.0. The molecule has 1 aromatic heterocycles. The SMILES string of the molecule is Cn1nccc1-c1cc(C=C(F)B2OC(C)(C)C(C)(C)O2)ccc1F. The van der Waals surface area contributed by atoms with Gasteiger partial charge in [0.15, 0.2) is 0 Å². The highest BCUT2D eigenvalue weighted by Crippen LogP contribution is 2.39. The standard InChI is InChI=1S/C18H21BF2N2O2/c1-17(2)18(3,4)25-19(24-17)16(21)11-12-6-7-14(20)13(10-12)15-8-9-22-23(15)5/h6-11H,1-5H3. The molecule has 1 aliphatic rings. The molecule has 0 N–H and O–H groups in total. The Hall–Kier alpha value is -1.99. The largest absolute Gasteiger partial charge is 0.525 e. The van der Waals surface area contributed by atoms with Gasteiger partial charge in [0.2, 0.25) is 0 Å². The molecule has 1 fully saturated rings. The lowest BCUT2D eigenvalue weighted by atomic mass is 9.86. The minimum Gasteiger partial charge on any atom is -0.398 e. The first-order chi connectivity index (χ1) is 11.6. The Balaban J connectivity index is 1.91. The highest BCUT2D eigenvalue weighted by atomic mass is 19.1. The molecule has 0 aliphatic carbocycles. The number of aryl methyl sites for hydroxylation is 1. The molecule has 7 heteroatoms. The number of aromatic nitrogens is 2. The van der Waals surface area contributed by atoms with Gasteiger partial charge in [-0.1, -0.05) is 6.07 Å². The van der Waals surface area contributed by atoms with E-state index in [4.69, 9.17) is 9.31 Å². The second-order valence-corrected chi connectivity index (χ2v) is 7.20. The van der Waals surface area contributed by atoms with Crippen molar-refractivity contribution >= 4 is 13.2 Å². The van der Waals surface area contributed by atoms with Crippen molar-refractivity contribution in [2.45, 2.75) is 38.9 Å². The van der Waals surface area contributed by atoms with Crippen LogP contribution in [0.3, 0.4) is 0 Å². The predicted molar refractivity (Wildman–Crippen MR) is 93.8 cm³/mol. The fraction of sp³-hybridized carbons (Fsp3) is 0.389. The van der Waals surface area contributed by atoms with E-state index < -0.39 is 29.9 Å². The molecule has 0 spiro atoms. The maximum absolute atomic E-state index is 14.6. The Labute approximate surface area is 146 Å². The molecular formula is C18H21BF2N2O2. The molecule has 0 atom stereocenters. The van der Waals surface area contributed by atoms with Crippen LogP contribution in [0.1, 0.15) is 33.3 Å². The van der Waals surface area contributed by atoms with Gasteiger partial charge in [0.1, 0.15) is 11.5 Å². The maximum Gasteiger partial charge on any atom is 0.525 e. The monoisotopic (exact) mass is 346 g/mol. The molecule has 0 bridgehead atoms. The van der Waals surface area contributed by atoms with Crippen LogP contribution in [0.25, 0.3) is 17.3 Å². The number of nitrogens with zero attached hydrogens (tertiary/aromatic N) is 2. The number of rotatable bonds is 3. The molecule has 0 saturated carbocycles. The Morgan fingerprint density at radius 3 is 2.36 bits per heavy atom. The predicted octanol–water partition coefficient (Wildman–Crippen LogP) is 4.17. The molecule has 1 aromatic carbocycles. The number of benzene rings is 1. The maximum atomic E-state index is 14.6. The zero-order valence-electron chi connectivity index (χ0n) is 15.0. The first-order valence-electron chi connectivity index (χ1n) is 8.11. The summed E-state index contributed by atoms with van der Waals surface area (Å²) in [5.74, 6) is -0.392. The van der Waals surface area contributed by atoms with E-state index in [-0.39, 0.29) is 0 Å². The van der Waals surface area contributed by atoms with Crippen molar-refractivity contribution in [1.82, 2.24) is 9.78 Å². The molecule has 1 saturated heterocycles. The van der Waals surface area contributed by atoms with E-state index in [1.54, 1.807) is 30.1 Å². The third-order valence-corrected chi connectivity index (χ3v) is 4.87. The van der Waals surface area contributed by atoms with E-state index in [0.717, 1.165) is 0 Å². The van der Waals surface area contributed by atoms with E-state index in [9.17, 15) is 8.78 Å². The van der Waals surface area contributed by atoms with E-state index in [1.807, 2.05) is 27.7 Å². The van der Waals surface area contributed by atoms with Gasteiger partial charge in [-0.3, -0.25) is 4.68 Å². The molecule has 0 radical (unpaired) electrons. The fourth-order valence-electron chi connectivity index (χ4n) is 2.65. The third kappa shape index (κ3) is 3.26. The summed E-state index contributed by atoms with van der Waals surface area (Å²) < 4.78 is 41.7. The summed E-state index contributed by atoms with van der Waals surface area (Å²) in [6.07, 6.45) is 2.89. The quantitative estimate of drug-likeness (QED) is 0.783. The number of hydrogen-bond acceptors (Lipinski definition) is 3. The first kappa shape index (κ1) is 17.8. The van der Waals surface area contributed by atoms with E-state index in [1.165, 1.54) is 18.2 Å². The molecule has 132 valence electrons. The van der Waals surface area contributed by atoms with Gasteiger partial charge in [-0.2, -0.15) is 5.10 Å². The van der Waals surface area contributed by atoms with Gasteiger partial charge < -0.3 is 9.31 Å². The fourth-order valence-corrected chi connectivity index (χ4v) is 2.65. The average molecular weight is 346 g/mol. The van der Waals surface area contributed by atoms with Crippen molar-refractivity contribution in [3.05, 3.63) is 47.6 Å². The molecular weight excluding hydrogens is 325 g/mol. The summed E-state index contributed by atoms with van der Waals surface area (Å²) in [5.41, 5.74) is -0.304. The summed E-state index contributed by atoms with van der Waals surface area (Å²) in [7, 11) is 0.651. The second-order valence-electron chi connectivity index (χ2n) is 7.20. The van der Waals surface area contributed by atoms with Crippen LogP contribution in [0, 0.1) is 5.82 Å². The van der Waals surface area contributed by atoms with Crippen LogP contribution in [-0.4, -0.2) is 28.1 Å². The minimum atomic E-state index is -1.07. The van der Waals surface area contributed by atoms with E-state index in [2.05, 4.69) is 5.10 Å². The van der Waals surface area contributed by atoms with Gasteiger partial charge in [0.05, 0.1) is 16.9 Å². The van der Waals surface area contributed by atoms with Crippen LogP contribution in [0.15, 0.2) is 36.2 Å². The minimum absolute atomic E-state index is 0.357. The van der Waals surface area contributed by atoms with Crippen LogP contribution in [0.2, 0.25) is 0 Å². The lowest BCUT2D eigenvalue weighted by Gasteiger charge is -2.32. The van der Waals surface area contributed by atoms with Gasteiger partial charge in [-0.25, -0.2) is 8.78 Å². The highest BCUT2D eigenvalue weighted by molar-refractivity contribution is 6.54.